The van der Waals surface area contributed by atoms with Gasteiger partial charge in [-0.1, -0.05) is 0 Å². The lowest BCUT2D eigenvalue weighted by Crippen LogP contribution is -2.05. The van der Waals surface area contributed by atoms with Crippen molar-refractivity contribution in [3.63, 3.8) is 0 Å². The van der Waals surface area contributed by atoms with Gasteiger partial charge in [0.15, 0.2) is 5.78 Å². The molecule has 94 valence electrons. The van der Waals surface area contributed by atoms with Gasteiger partial charge in [-0.2, -0.15) is 0 Å². The molecule has 0 aliphatic heterocycles. The molecule has 2 aromatic rings. The number of ketones is 1. The van der Waals surface area contributed by atoms with Crippen molar-refractivity contribution in [2.75, 3.05) is 0 Å². The van der Waals surface area contributed by atoms with Gasteiger partial charge in [0.25, 0.3) is 0 Å². The van der Waals surface area contributed by atoms with Crippen molar-refractivity contribution in [3.05, 3.63) is 30.0 Å². The molecule has 0 atom stereocenters. The lowest BCUT2D eigenvalue weighted by atomic mass is 10.1. The molecular formula is C14H15NO3. The molecule has 0 spiro atoms. The number of aromatic nitrogens is 1. The van der Waals surface area contributed by atoms with E-state index in [9.17, 15) is 9.90 Å². The number of benzene rings is 1. The number of ether oxygens (including phenoxy) is 1. The van der Waals surface area contributed by atoms with Crippen LogP contribution >= 0.6 is 0 Å². The highest BCUT2D eigenvalue weighted by atomic mass is 16.5. The standard InChI is InChI=1S/C14H15NO3/c1-8(2)18-11-4-5-12-10(6-11)7-13(17)14(15-12)9(3)16/h4-8,17H,1-3H3. The van der Waals surface area contributed by atoms with Gasteiger partial charge in [-0.25, -0.2) is 4.98 Å². The number of aromatic hydroxyl groups is 1. The van der Waals surface area contributed by atoms with E-state index in [0.717, 1.165) is 5.39 Å². The van der Waals surface area contributed by atoms with Crippen LogP contribution in [0.4, 0.5) is 0 Å². The Morgan fingerprint density at radius 2 is 2.06 bits per heavy atom. The third kappa shape index (κ3) is 2.42. The maximum absolute atomic E-state index is 11.3. The summed E-state index contributed by atoms with van der Waals surface area (Å²) in [4.78, 5) is 15.4. The number of hydrogen-bond acceptors (Lipinski definition) is 4. The van der Waals surface area contributed by atoms with E-state index in [0.29, 0.717) is 11.3 Å². The van der Waals surface area contributed by atoms with Crippen LogP contribution < -0.4 is 4.74 Å². The van der Waals surface area contributed by atoms with Gasteiger partial charge in [0, 0.05) is 12.3 Å². The van der Waals surface area contributed by atoms with Crippen molar-refractivity contribution in [1.82, 2.24) is 4.98 Å². The first kappa shape index (κ1) is 12.4. The third-order valence-corrected chi connectivity index (χ3v) is 2.47. The molecule has 0 aliphatic carbocycles. The quantitative estimate of drug-likeness (QED) is 0.844. The highest BCUT2D eigenvalue weighted by Crippen LogP contribution is 2.26. The summed E-state index contributed by atoms with van der Waals surface area (Å²) in [6.45, 7) is 5.27. The molecule has 2 rings (SSSR count). The van der Waals surface area contributed by atoms with Crippen molar-refractivity contribution in [2.45, 2.75) is 26.9 Å². The Hall–Kier alpha value is -2.10. The fourth-order valence-corrected chi connectivity index (χ4v) is 1.75. The van der Waals surface area contributed by atoms with Crippen molar-refractivity contribution in [1.29, 1.82) is 0 Å². The summed E-state index contributed by atoms with van der Waals surface area (Å²) in [6, 6.07) is 6.91. The van der Waals surface area contributed by atoms with Crippen molar-refractivity contribution >= 4 is 16.7 Å². The molecule has 0 fully saturated rings. The van der Waals surface area contributed by atoms with Gasteiger partial charge in [0.2, 0.25) is 0 Å². The van der Waals surface area contributed by atoms with Gasteiger partial charge in [-0.15, -0.1) is 0 Å². The molecule has 18 heavy (non-hydrogen) atoms. The molecule has 4 heteroatoms. The minimum atomic E-state index is -0.253. The van der Waals surface area contributed by atoms with Gasteiger partial charge in [0.1, 0.15) is 17.2 Å². The molecule has 1 N–H and O–H groups in total. The van der Waals surface area contributed by atoms with E-state index in [2.05, 4.69) is 4.98 Å². The van der Waals surface area contributed by atoms with E-state index in [4.69, 9.17) is 4.74 Å². The summed E-state index contributed by atoms with van der Waals surface area (Å²) in [5.41, 5.74) is 0.758. The summed E-state index contributed by atoms with van der Waals surface area (Å²) >= 11 is 0. The van der Waals surface area contributed by atoms with Gasteiger partial charge in [0.05, 0.1) is 11.6 Å². The molecule has 1 aromatic carbocycles. The zero-order valence-electron chi connectivity index (χ0n) is 10.6. The van der Waals surface area contributed by atoms with Crippen molar-refractivity contribution in [2.24, 2.45) is 0 Å². The molecular weight excluding hydrogens is 230 g/mol. The monoisotopic (exact) mass is 245 g/mol. The minimum absolute atomic E-state index is 0.0838. The van der Waals surface area contributed by atoms with Gasteiger partial charge >= 0.3 is 0 Å². The highest BCUT2D eigenvalue weighted by Gasteiger charge is 2.10. The average Bonchev–Trinajstić information content (AvgIpc) is 2.26. The predicted molar refractivity (Wildman–Crippen MR) is 69.2 cm³/mol. The molecule has 0 amide bonds. The molecule has 0 aliphatic rings. The number of hydrogen-bond donors (Lipinski definition) is 1. The van der Waals surface area contributed by atoms with Crippen LogP contribution in [-0.4, -0.2) is 22.0 Å². The van der Waals surface area contributed by atoms with Crippen LogP contribution in [0.2, 0.25) is 0 Å². The van der Waals surface area contributed by atoms with Gasteiger partial charge in [-0.05, 0) is 38.1 Å². The second-order valence-corrected chi connectivity index (χ2v) is 4.43. The number of pyridine rings is 1. The number of carbonyl (C=O) groups is 1. The molecule has 1 heterocycles. The first-order valence-corrected chi connectivity index (χ1v) is 5.78. The Morgan fingerprint density at radius 1 is 1.33 bits per heavy atom. The smallest absolute Gasteiger partial charge is 0.181 e. The Morgan fingerprint density at radius 3 is 2.67 bits per heavy atom. The number of carbonyl (C=O) groups excluding carboxylic acids is 1. The van der Waals surface area contributed by atoms with Crippen LogP contribution in [-0.2, 0) is 0 Å². The van der Waals surface area contributed by atoms with E-state index >= 15 is 0 Å². The van der Waals surface area contributed by atoms with Crippen LogP contribution in [0, 0.1) is 0 Å². The molecule has 4 nitrogen and oxygen atoms in total. The SMILES string of the molecule is CC(=O)c1nc2ccc(OC(C)C)cc2cc1O. The van der Waals surface area contributed by atoms with Gasteiger partial charge in [-0.3, -0.25) is 4.79 Å². The van der Waals surface area contributed by atoms with Crippen molar-refractivity contribution in [3.8, 4) is 11.5 Å². The fourth-order valence-electron chi connectivity index (χ4n) is 1.75. The van der Waals surface area contributed by atoms with E-state index in [1.807, 2.05) is 13.8 Å². The topological polar surface area (TPSA) is 59.4 Å². The zero-order valence-corrected chi connectivity index (χ0v) is 10.6. The van der Waals surface area contributed by atoms with Crippen LogP contribution in [0.15, 0.2) is 24.3 Å². The van der Waals surface area contributed by atoms with Crippen molar-refractivity contribution < 1.29 is 14.6 Å². The number of rotatable bonds is 3. The van der Waals surface area contributed by atoms with E-state index in [-0.39, 0.29) is 23.3 Å². The Kier molecular flexibility index (Phi) is 3.19. The molecule has 0 unspecified atom stereocenters. The second kappa shape index (κ2) is 4.64. The summed E-state index contributed by atoms with van der Waals surface area (Å²) in [7, 11) is 0. The molecule has 0 saturated carbocycles. The maximum atomic E-state index is 11.3. The van der Waals surface area contributed by atoms with E-state index in [1.54, 1.807) is 18.2 Å². The maximum Gasteiger partial charge on any atom is 0.181 e. The lowest BCUT2D eigenvalue weighted by molar-refractivity contribution is 0.101. The first-order chi connectivity index (χ1) is 8.47. The summed E-state index contributed by atoms with van der Waals surface area (Å²) in [5, 5.41) is 10.5. The van der Waals surface area contributed by atoms with Gasteiger partial charge < -0.3 is 9.84 Å². The van der Waals surface area contributed by atoms with E-state index in [1.165, 1.54) is 13.0 Å². The lowest BCUT2D eigenvalue weighted by Gasteiger charge is -2.10. The Labute approximate surface area is 105 Å². The molecule has 0 saturated heterocycles. The first-order valence-electron chi connectivity index (χ1n) is 5.78. The van der Waals surface area contributed by atoms with Crippen LogP contribution in [0.3, 0.4) is 0 Å². The Bertz CT molecular complexity index is 605. The van der Waals surface area contributed by atoms with Crippen LogP contribution in [0.25, 0.3) is 10.9 Å². The fraction of sp³-hybridized carbons (Fsp3) is 0.286. The summed E-state index contributed by atoms with van der Waals surface area (Å²) < 4.78 is 5.56. The summed E-state index contributed by atoms with van der Waals surface area (Å²) in [6.07, 6.45) is 0.0838. The zero-order chi connectivity index (χ0) is 13.3. The predicted octanol–water partition coefficient (Wildman–Crippen LogP) is 2.93. The van der Waals surface area contributed by atoms with Crippen LogP contribution in [0.5, 0.6) is 11.5 Å². The number of Topliss-reactive ketones (excluding diaryl/α,β-unsaturated/α-hetero) is 1. The number of fused-ring (bicyclic) bond motifs is 1. The third-order valence-electron chi connectivity index (χ3n) is 2.47. The minimum Gasteiger partial charge on any atom is -0.506 e. The largest absolute Gasteiger partial charge is 0.506 e. The molecule has 1 aromatic heterocycles. The average molecular weight is 245 g/mol. The second-order valence-electron chi connectivity index (χ2n) is 4.43. The molecule has 0 radical (unpaired) electrons. The Balaban J connectivity index is 2.52. The van der Waals surface area contributed by atoms with E-state index < -0.39 is 0 Å². The van der Waals surface area contributed by atoms with Crippen LogP contribution in [0.1, 0.15) is 31.3 Å². The summed E-state index contributed by atoms with van der Waals surface area (Å²) in [5.74, 6) is 0.364. The molecule has 0 bridgehead atoms. The normalized spacial score (nSPS) is 10.9. The highest BCUT2D eigenvalue weighted by molar-refractivity contribution is 5.97. The number of nitrogens with zero attached hydrogens (tertiary/aromatic N) is 1.